The largest absolute Gasteiger partial charge is 0.409 e. The lowest BCUT2D eigenvalue weighted by atomic mass is 10.0. The van der Waals surface area contributed by atoms with Gasteiger partial charge in [-0.15, -0.1) is 0 Å². The number of oxime groups is 1. The van der Waals surface area contributed by atoms with E-state index in [1.165, 1.54) is 0 Å². The highest BCUT2D eigenvalue weighted by Crippen LogP contribution is 2.07. The number of nitrogens with zero attached hydrogens (tertiary/aromatic N) is 1. The summed E-state index contributed by atoms with van der Waals surface area (Å²) in [5.41, 5.74) is 5.48. The van der Waals surface area contributed by atoms with E-state index in [-0.39, 0.29) is 17.7 Å². The van der Waals surface area contributed by atoms with E-state index in [0.29, 0.717) is 19.6 Å². The summed E-state index contributed by atoms with van der Waals surface area (Å²) in [6.07, 6.45) is 1.36. The molecule has 0 aliphatic heterocycles. The molecule has 0 radical (unpaired) electrons. The average molecular weight is 245 g/mol. The Morgan fingerprint density at radius 1 is 1.59 bits per heavy atom. The number of carbonyl (C=O) groups is 1. The Labute approximate surface area is 102 Å². The Balaban J connectivity index is 4.24. The summed E-state index contributed by atoms with van der Waals surface area (Å²) < 4.78 is 4.97. The fourth-order valence-corrected chi connectivity index (χ4v) is 1.51. The lowest BCUT2D eigenvalue weighted by molar-refractivity contribution is -0.123. The fraction of sp³-hybridized carbons (Fsp3) is 0.818. The quantitative estimate of drug-likeness (QED) is 0.252. The Morgan fingerprint density at radius 3 is 2.71 bits per heavy atom. The first-order valence-corrected chi connectivity index (χ1v) is 5.80. The maximum atomic E-state index is 11.8. The maximum Gasteiger partial charge on any atom is 0.230 e. The van der Waals surface area contributed by atoms with E-state index in [2.05, 4.69) is 10.5 Å². The minimum absolute atomic E-state index is 0.0382. The first-order valence-electron chi connectivity index (χ1n) is 5.80. The SMILES string of the molecule is CCCC(C(=O)NCC(C)COC)C(N)=NO. The molecule has 0 saturated heterocycles. The molecule has 0 fully saturated rings. The summed E-state index contributed by atoms with van der Waals surface area (Å²) in [7, 11) is 1.62. The third-order valence-electron chi connectivity index (χ3n) is 2.44. The summed E-state index contributed by atoms with van der Waals surface area (Å²) in [5, 5.41) is 14.3. The van der Waals surface area contributed by atoms with E-state index in [9.17, 15) is 4.79 Å². The number of nitrogens with two attached hydrogens (primary N) is 1. The summed E-state index contributed by atoms with van der Waals surface area (Å²) in [6.45, 7) is 5.02. The molecule has 17 heavy (non-hydrogen) atoms. The van der Waals surface area contributed by atoms with E-state index >= 15 is 0 Å². The molecule has 0 aliphatic carbocycles. The van der Waals surface area contributed by atoms with Gasteiger partial charge in [-0.2, -0.15) is 0 Å². The van der Waals surface area contributed by atoms with Crippen molar-refractivity contribution in [1.82, 2.24) is 5.32 Å². The molecule has 0 aromatic carbocycles. The highest BCUT2D eigenvalue weighted by molar-refractivity contribution is 6.02. The number of amidine groups is 1. The van der Waals surface area contributed by atoms with E-state index < -0.39 is 5.92 Å². The molecule has 4 N–H and O–H groups in total. The highest BCUT2D eigenvalue weighted by Gasteiger charge is 2.22. The molecular weight excluding hydrogens is 222 g/mol. The summed E-state index contributed by atoms with van der Waals surface area (Å²) in [6, 6.07) is 0. The number of nitrogens with one attached hydrogen (secondary N) is 1. The standard InChI is InChI=1S/C11H23N3O3/c1-4-5-9(10(12)14-16)11(15)13-6-8(2)7-17-3/h8-9,16H,4-7H2,1-3H3,(H2,12,14)(H,13,15). The van der Waals surface area contributed by atoms with E-state index in [0.717, 1.165) is 6.42 Å². The molecule has 0 aliphatic rings. The van der Waals surface area contributed by atoms with Crippen molar-refractivity contribution in [3.63, 3.8) is 0 Å². The van der Waals surface area contributed by atoms with Gasteiger partial charge in [-0.1, -0.05) is 25.4 Å². The number of carbonyl (C=O) groups excluding carboxylic acids is 1. The van der Waals surface area contributed by atoms with Gasteiger partial charge in [0.05, 0.1) is 12.5 Å². The van der Waals surface area contributed by atoms with Gasteiger partial charge in [0.1, 0.15) is 0 Å². The summed E-state index contributed by atoms with van der Waals surface area (Å²) in [5.74, 6) is -0.563. The normalized spacial score (nSPS) is 15.4. The topological polar surface area (TPSA) is 96.9 Å². The Hall–Kier alpha value is -1.30. The van der Waals surface area contributed by atoms with Crippen molar-refractivity contribution in [3.05, 3.63) is 0 Å². The second kappa shape index (κ2) is 8.81. The molecule has 0 rings (SSSR count). The third kappa shape index (κ3) is 6.11. The number of ether oxygens (including phenoxy) is 1. The lowest BCUT2D eigenvalue weighted by Crippen LogP contribution is -2.40. The Morgan fingerprint density at radius 2 is 2.24 bits per heavy atom. The van der Waals surface area contributed by atoms with Gasteiger partial charge in [0.2, 0.25) is 5.91 Å². The van der Waals surface area contributed by atoms with Gasteiger partial charge < -0.3 is 21.0 Å². The van der Waals surface area contributed by atoms with E-state index in [1.807, 2.05) is 13.8 Å². The van der Waals surface area contributed by atoms with Crippen LogP contribution in [0.5, 0.6) is 0 Å². The van der Waals surface area contributed by atoms with Crippen molar-refractivity contribution in [2.45, 2.75) is 26.7 Å². The molecule has 0 spiro atoms. The van der Waals surface area contributed by atoms with Gasteiger partial charge in [0, 0.05) is 13.7 Å². The Bertz CT molecular complexity index is 256. The summed E-state index contributed by atoms with van der Waals surface area (Å²) in [4.78, 5) is 11.8. The molecule has 6 heteroatoms. The number of hydrogen-bond acceptors (Lipinski definition) is 4. The first kappa shape index (κ1) is 15.7. The predicted octanol–water partition coefficient (Wildman–Crippen LogP) is 0.548. The van der Waals surface area contributed by atoms with Crippen LogP contribution < -0.4 is 11.1 Å². The molecule has 0 aromatic rings. The van der Waals surface area contributed by atoms with Crippen molar-refractivity contribution in [2.75, 3.05) is 20.3 Å². The Kier molecular flexibility index (Phi) is 8.13. The van der Waals surface area contributed by atoms with Crippen molar-refractivity contribution >= 4 is 11.7 Å². The molecule has 1 amide bonds. The van der Waals surface area contributed by atoms with Crippen LogP contribution >= 0.6 is 0 Å². The van der Waals surface area contributed by atoms with Gasteiger partial charge in [0.15, 0.2) is 5.84 Å². The molecule has 2 atom stereocenters. The van der Waals surface area contributed by atoms with Crippen LogP contribution in [-0.2, 0) is 9.53 Å². The van der Waals surface area contributed by atoms with Crippen LogP contribution in [0.15, 0.2) is 5.16 Å². The minimum Gasteiger partial charge on any atom is -0.409 e. The van der Waals surface area contributed by atoms with Gasteiger partial charge in [0.25, 0.3) is 0 Å². The van der Waals surface area contributed by atoms with Crippen LogP contribution in [0.2, 0.25) is 0 Å². The van der Waals surface area contributed by atoms with Crippen LogP contribution in [0.1, 0.15) is 26.7 Å². The zero-order valence-electron chi connectivity index (χ0n) is 10.8. The third-order valence-corrected chi connectivity index (χ3v) is 2.44. The number of amides is 1. The number of methoxy groups -OCH3 is 1. The van der Waals surface area contributed by atoms with E-state index in [1.54, 1.807) is 7.11 Å². The number of rotatable bonds is 8. The monoisotopic (exact) mass is 245 g/mol. The molecule has 100 valence electrons. The molecule has 0 aromatic heterocycles. The van der Waals surface area contributed by atoms with E-state index in [4.69, 9.17) is 15.7 Å². The van der Waals surface area contributed by atoms with Crippen molar-refractivity contribution in [1.29, 1.82) is 0 Å². The van der Waals surface area contributed by atoms with Crippen LogP contribution in [-0.4, -0.2) is 37.2 Å². The average Bonchev–Trinajstić information content (AvgIpc) is 2.32. The smallest absolute Gasteiger partial charge is 0.230 e. The predicted molar refractivity (Wildman–Crippen MR) is 65.9 cm³/mol. The second-order valence-electron chi connectivity index (χ2n) is 4.17. The van der Waals surface area contributed by atoms with Crippen molar-refractivity contribution < 1.29 is 14.7 Å². The maximum absolute atomic E-state index is 11.8. The summed E-state index contributed by atoms with van der Waals surface area (Å²) >= 11 is 0. The molecule has 2 unspecified atom stereocenters. The van der Waals surface area contributed by atoms with Crippen LogP contribution in [0.25, 0.3) is 0 Å². The lowest BCUT2D eigenvalue weighted by Gasteiger charge is -2.16. The van der Waals surface area contributed by atoms with Gasteiger partial charge in [-0.3, -0.25) is 4.79 Å². The zero-order chi connectivity index (χ0) is 13.3. The first-order chi connectivity index (χ1) is 8.06. The molecule has 6 nitrogen and oxygen atoms in total. The van der Waals surface area contributed by atoms with Gasteiger partial charge in [-0.25, -0.2) is 0 Å². The molecule has 0 heterocycles. The van der Waals surface area contributed by atoms with Crippen LogP contribution in [0, 0.1) is 11.8 Å². The zero-order valence-corrected chi connectivity index (χ0v) is 10.8. The molecular formula is C11H23N3O3. The number of hydrogen-bond donors (Lipinski definition) is 3. The van der Waals surface area contributed by atoms with Crippen molar-refractivity contribution in [2.24, 2.45) is 22.7 Å². The van der Waals surface area contributed by atoms with Crippen LogP contribution in [0.4, 0.5) is 0 Å². The molecule has 0 saturated carbocycles. The van der Waals surface area contributed by atoms with Gasteiger partial charge >= 0.3 is 0 Å². The van der Waals surface area contributed by atoms with Gasteiger partial charge in [-0.05, 0) is 12.3 Å². The second-order valence-corrected chi connectivity index (χ2v) is 4.17. The highest BCUT2D eigenvalue weighted by atomic mass is 16.5. The molecule has 0 bridgehead atoms. The fourth-order valence-electron chi connectivity index (χ4n) is 1.51. The van der Waals surface area contributed by atoms with Crippen molar-refractivity contribution in [3.8, 4) is 0 Å². The van der Waals surface area contributed by atoms with Crippen LogP contribution in [0.3, 0.4) is 0 Å². The minimum atomic E-state index is -0.556.